The Bertz CT molecular complexity index is 467. The van der Waals surface area contributed by atoms with E-state index in [1.807, 2.05) is 17.0 Å². The first kappa shape index (κ1) is 11.4. The van der Waals surface area contributed by atoms with Crippen LogP contribution in [-0.2, 0) is 4.79 Å². The Morgan fingerprint density at radius 3 is 3.12 bits per heavy atom. The summed E-state index contributed by atoms with van der Waals surface area (Å²) in [5.74, 6) is -0.405. The number of rotatable bonds is 2. The molecule has 2 heterocycles. The van der Waals surface area contributed by atoms with Crippen molar-refractivity contribution in [3.63, 3.8) is 0 Å². The molecule has 0 spiro atoms. The van der Waals surface area contributed by atoms with Gasteiger partial charge in [0.2, 0.25) is 0 Å². The van der Waals surface area contributed by atoms with Gasteiger partial charge in [-0.05, 0) is 25.0 Å². The molecule has 0 radical (unpaired) electrons. The van der Waals surface area contributed by atoms with Gasteiger partial charge in [0.05, 0.1) is 5.92 Å². The zero-order chi connectivity index (χ0) is 12.3. The summed E-state index contributed by atoms with van der Waals surface area (Å²) in [7, 11) is 0. The highest BCUT2D eigenvalue weighted by Crippen LogP contribution is 2.21. The SMILES string of the molecule is N#Cc1cccc(N2CCCC(C(=O)O)C2)n1. The molecule has 17 heavy (non-hydrogen) atoms. The van der Waals surface area contributed by atoms with Crippen molar-refractivity contribution in [1.29, 1.82) is 5.26 Å². The Balaban J connectivity index is 2.16. The molecule has 5 nitrogen and oxygen atoms in total. The minimum Gasteiger partial charge on any atom is -0.481 e. The maximum absolute atomic E-state index is 11.0. The van der Waals surface area contributed by atoms with Crippen LogP contribution in [0.5, 0.6) is 0 Å². The van der Waals surface area contributed by atoms with Crippen LogP contribution in [0.25, 0.3) is 0 Å². The van der Waals surface area contributed by atoms with Crippen molar-refractivity contribution < 1.29 is 9.90 Å². The van der Waals surface area contributed by atoms with Crippen LogP contribution in [0.15, 0.2) is 18.2 Å². The lowest BCUT2D eigenvalue weighted by atomic mass is 9.98. The highest BCUT2D eigenvalue weighted by atomic mass is 16.4. The Labute approximate surface area is 99.3 Å². The summed E-state index contributed by atoms with van der Waals surface area (Å²) in [6, 6.07) is 7.21. The standard InChI is InChI=1S/C12H13N3O2/c13-7-10-4-1-5-11(14-10)15-6-2-3-9(8-15)12(16)17/h1,4-5,9H,2-3,6,8H2,(H,16,17). The quantitative estimate of drug-likeness (QED) is 0.829. The molecule has 1 unspecified atom stereocenters. The first-order chi connectivity index (χ1) is 8.20. The minimum absolute atomic E-state index is 0.337. The molecule has 0 bridgehead atoms. The summed E-state index contributed by atoms with van der Waals surface area (Å²) in [4.78, 5) is 17.1. The summed E-state index contributed by atoms with van der Waals surface area (Å²) < 4.78 is 0. The van der Waals surface area contributed by atoms with Crippen molar-refractivity contribution in [2.45, 2.75) is 12.8 Å². The molecule has 0 aromatic carbocycles. The summed E-state index contributed by atoms with van der Waals surface area (Å²) >= 11 is 0. The molecule has 1 saturated heterocycles. The van der Waals surface area contributed by atoms with Crippen molar-refractivity contribution >= 4 is 11.8 Å². The molecule has 1 aliphatic rings. The van der Waals surface area contributed by atoms with E-state index in [2.05, 4.69) is 4.98 Å². The molecular formula is C12H13N3O2. The lowest BCUT2D eigenvalue weighted by Gasteiger charge is -2.31. The summed E-state index contributed by atoms with van der Waals surface area (Å²) in [6.07, 6.45) is 1.55. The van der Waals surface area contributed by atoms with Crippen LogP contribution in [-0.4, -0.2) is 29.1 Å². The average Bonchev–Trinajstić information content (AvgIpc) is 2.39. The maximum atomic E-state index is 11.0. The second-order valence-electron chi connectivity index (χ2n) is 4.12. The van der Waals surface area contributed by atoms with Crippen LogP contribution in [0, 0.1) is 17.2 Å². The van der Waals surface area contributed by atoms with E-state index in [4.69, 9.17) is 10.4 Å². The fourth-order valence-electron chi connectivity index (χ4n) is 2.05. The van der Waals surface area contributed by atoms with Gasteiger partial charge in [0.25, 0.3) is 0 Å². The van der Waals surface area contributed by atoms with E-state index >= 15 is 0 Å². The normalized spacial score (nSPS) is 19.7. The van der Waals surface area contributed by atoms with Crippen LogP contribution in [0.4, 0.5) is 5.82 Å². The van der Waals surface area contributed by atoms with E-state index in [0.717, 1.165) is 13.0 Å². The Hall–Kier alpha value is -2.09. The van der Waals surface area contributed by atoms with Crippen molar-refractivity contribution in [3.05, 3.63) is 23.9 Å². The Morgan fingerprint density at radius 2 is 2.41 bits per heavy atom. The van der Waals surface area contributed by atoms with Gasteiger partial charge in [-0.2, -0.15) is 5.26 Å². The average molecular weight is 231 g/mol. The van der Waals surface area contributed by atoms with Gasteiger partial charge in [0.1, 0.15) is 17.6 Å². The van der Waals surface area contributed by atoms with Gasteiger partial charge in [-0.1, -0.05) is 6.07 Å². The molecule has 1 N–H and O–H groups in total. The fraction of sp³-hybridized carbons (Fsp3) is 0.417. The van der Waals surface area contributed by atoms with E-state index in [9.17, 15) is 4.79 Å². The number of anilines is 1. The van der Waals surface area contributed by atoms with Gasteiger partial charge in [-0.3, -0.25) is 4.79 Å². The second-order valence-corrected chi connectivity index (χ2v) is 4.12. The van der Waals surface area contributed by atoms with Crippen LogP contribution in [0.1, 0.15) is 18.5 Å². The molecule has 0 amide bonds. The topological polar surface area (TPSA) is 77.2 Å². The van der Waals surface area contributed by atoms with Crippen molar-refractivity contribution in [2.24, 2.45) is 5.92 Å². The number of carboxylic acid groups (broad SMARTS) is 1. The van der Waals surface area contributed by atoms with Gasteiger partial charge < -0.3 is 10.0 Å². The molecule has 1 aromatic heterocycles. The molecule has 0 aliphatic carbocycles. The summed E-state index contributed by atoms with van der Waals surface area (Å²) in [5.41, 5.74) is 0.361. The van der Waals surface area contributed by atoms with Gasteiger partial charge in [0.15, 0.2) is 0 Å². The molecule has 2 rings (SSSR count). The molecule has 1 aromatic rings. The number of piperidine rings is 1. The smallest absolute Gasteiger partial charge is 0.308 e. The number of nitriles is 1. The van der Waals surface area contributed by atoms with Gasteiger partial charge in [-0.25, -0.2) is 4.98 Å². The zero-order valence-electron chi connectivity index (χ0n) is 9.33. The Kier molecular flexibility index (Phi) is 3.24. The van der Waals surface area contributed by atoms with Crippen molar-refractivity contribution in [3.8, 4) is 6.07 Å². The number of carboxylic acids is 1. The van der Waals surface area contributed by atoms with E-state index < -0.39 is 5.97 Å². The number of hydrogen-bond donors (Lipinski definition) is 1. The summed E-state index contributed by atoms with van der Waals surface area (Å²) in [6.45, 7) is 1.27. The fourth-order valence-corrected chi connectivity index (χ4v) is 2.05. The molecular weight excluding hydrogens is 218 g/mol. The predicted molar refractivity (Wildman–Crippen MR) is 61.5 cm³/mol. The third-order valence-electron chi connectivity index (χ3n) is 2.94. The van der Waals surface area contributed by atoms with E-state index in [1.165, 1.54) is 0 Å². The predicted octanol–water partition coefficient (Wildman–Crippen LogP) is 1.25. The first-order valence-corrected chi connectivity index (χ1v) is 5.55. The number of pyridine rings is 1. The van der Waals surface area contributed by atoms with Gasteiger partial charge in [-0.15, -0.1) is 0 Å². The first-order valence-electron chi connectivity index (χ1n) is 5.55. The van der Waals surface area contributed by atoms with Gasteiger partial charge in [0, 0.05) is 13.1 Å². The molecule has 5 heteroatoms. The maximum Gasteiger partial charge on any atom is 0.308 e. The lowest BCUT2D eigenvalue weighted by molar-refractivity contribution is -0.141. The van der Waals surface area contributed by atoms with E-state index in [0.29, 0.717) is 24.5 Å². The second kappa shape index (κ2) is 4.83. The number of aromatic nitrogens is 1. The van der Waals surface area contributed by atoms with Crippen LogP contribution >= 0.6 is 0 Å². The largest absolute Gasteiger partial charge is 0.481 e. The lowest BCUT2D eigenvalue weighted by Crippen LogP contribution is -2.39. The Morgan fingerprint density at radius 1 is 1.59 bits per heavy atom. The van der Waals surface area contributed by atoms with E-state index in [-0.39, 0.29) is 5.92 Å². The molecule has 88 valence electrons. The zero-order valence-corrected chi connectivity index (χ0v) is 9.33. The molecule has 1 fully saturated rings. The summed E-state index contributed by atoms with van der Waals surface area (Å²) in [5, 5.41) is 17.8. The molecule has 1 aliphatic heterocycles. The third kappa shape index (κ3) is 2.53. The number of aliphatic carboxylic acids is 1. The molecule has 0 saturated carbocycles. The molecule has 1 atom stereocenters. The van der Waals surface area contributed by atoms with Crippen LogP contribution < -0.4 is 4.90 Å². The number of nitrogens with zero attached hydrogens (tertiary/aromatic N) is 3. The van der Waals surface area contributed by atoms with Crippen LogP contribution in [0.3, 0.4) is 0 Å². The monoisotopic (exact) mass is 231 g/mol. The minimum atomic E-state index is -0.758. The third-order valence-corrected chi connectivity index (χ3v) is 2.94. The number of carbonyl (C=O) groups is 1. The van der Waals surface area contributed by atoms with Gasteiger partial charge >= 0.3 is 5.97 Å². The van der Waals surface area contributed by atoms with Crippen molar-refractivity contribution in [1.82, 2.24) is 4.98 Å². The van der Waals surface area contributed by atoms with Crippen molar-refractivity contribution in [2.75, 3.05) is 18.0 Å². The highest BCUT2D eigenvalue weighted by molar-refractivity contribution is 5.71. The van der Waals surface area contributed by atoms with E-state index in [1.54, 1.807) is 12.1 Å². The highest BCUT2D eigenvalue weighted by Gasteiger charge is 2.25. The van der Waals surface area contributed by atoms with Crippen LogP contribution in [0.2, 0.25) is 0 Å². The number of hydrogen-bond acceptors (Lipinski definition) is 4.